The van der Waals surface area contributed by atoms with Gasteiger partial charge in [-0.1, -0.05) is 127 Å². The second-order valence-electron chi connectivity index (χ2n) is 13.0. The van der Waals surface area contributed by atoms with E-state index < -0.39 is 0 Å². The molecule has 0 radical (unpaired) electrons. The third kappa shape index (κ3) is 5.51. The van der Waals surface area contributed by atoms with Crippen molar-refractivity contribution in [2.45, 2.75) is 0 Å². The molecule has 3 heterocycles. The third-order valence-corrected chi connectivity index (χ3v) is 12.8. The van der Waals surface area contributed by atoms with Crippen LogP contribution in [-0.4, -0.2) is 0 Å². The highest BCUT2D eigenvalue weighted by Crippen LogP contribution is 2.39. The quantitative estimate of drug-likeness (QED) is 0.162. The summed E-state index contributed by atoms with van der Waals surface area (Å²) in [5.74, 6) is 0. The molecule has 0 unspecified atom stereocenters. The van der Waals surface area contributed by atoms with Gasteiger partial charge in [-0.2, -0.15) is 0 Å². The van der Waals surface area contributed by atoms with E-state index in [0.29, 0.717) is 0 Å². The van der Waals surface area contributed by atoms with E-state index in [1.54, 1.807) is 0 Å². The van der Waals surface area contributed by atoms with Crippen LogP contribution in [0, 0.1) is 0 Å². The van der Waals surface area contributed by atoms with E-state index in [-0.39, 0.29) is 0 Å². The molecule has 0 N–H and O–H groups in total. The van der Waals surface area contributed by atoms with Crippen LogP contribution in [-0.2, 0) is 0 Å². The molecule has 0 aliphatic rings. The molecule has 0 saturated heterocycles. The topological polar surface area (TPSA) is 0 Å². The number of rotatable bonds is 6. The summed E-state index contributed by atoms with van der Waals surface area (Å²) >= 11 is 5.43. The standard InChI is InChI=1S/C48H30S3/c1-4-37-22-25-49-46(37)43(7-1)34-16-10-31(11-17-34)40-28-41(32-12-18-35(19-13-32)44-8-2-5-38-23-26-50-47(38)44)30-42(29-40)33-14-20-36(21-15-33)45-9-3-6-39-24-27-51-48(39)45/h1-30H. The van der Waals surface area contributed by atoms with Crippen LogP contribution in [0.1, 0.15) is 0 Å². The van der Waals surface area contributed by atoms with Gasteiger partial charge in [0.15, 0.2) is 0 Å². The van der Waals surface area contributed by atoms with Crippen molar-refractivity contribution in [2.24, 2.45) is 0 Å². The van der Waals surface area contributed by atoms with E-state index in [1.165, 1.54) is 97.0 Å². The van der Waals surface area contributed by atoms with Gasteiger partial charge in [0.2, 0.25) is 0 Å². The lowest BCUT2D eigenvalue weighted by Gasteiger charge is -2.13. The number of hydrogen-bond acceptors (Lipinski definition) is 3. The second-order valence-corrected chi connectivity index (χ2v) is 15.7. The van der Waals surface area contributed by atoms with Gasteiger partial charge in [-0.3, -0.25) is 0 Å². The van der Waals surface area contributed by atoms with E-state index in [0.717, 1.165) is 0 Å². The third-order valence-electron chi connectivity index (χ3n) is 9.96. The fourth-order valence-electron chi connectivity index (χ4n) is 7.32. The molecular formula is C48H30S3. The monoisotopic (exact) mass is 702 g/mol. The molecule has 10 rings (SSSR count). The first-order valence-corrected chi connectivity index (χ1v) is 19.8. The zero-order chi connectivity index (χ0) is 33.7. The van der Waals surface area contributed by atoms with E-state index in [2.05, 4.69) is 180 Å². The van der Waals surface area contributed by atoms with Crippen molar-refractivity contribution in [1.29, 1.82) is 0 Å². The molecule has 0 fully saturated rings. The Bertz CT molecular complexity index is 2500. The zero-order valence-electron chi connectivity index (χ0n) is 27.5. The minimum Gasteiger partial charge on any atom is -0.143 e. The van der Waals surface area contributed by atoms with Crippen LogP contribution in [0.2, 0.25) is 0 Å². The summed E-state index contributed by atoms with van der Waals surface area (Å²) in [6.45, 7) is 0. The average Bonchev–Trinajstić information content (AvgIpc) is 3.99. The molecule has 0 aliphatic carbocycles. The molecule has 0 amide bonds. The van der Waals surface area contributed by atoms with Crippen LogP contribution in [0.4, 0.5) is 0 Å². The predicted molar refractivity (Wildman–Crippen MR) is 225 cm³/mol. The summed E-state index contributed by atoms with van der Waals surface area (Å²) in [7, 11) is 0. The molecule has 3 heteroatoms. The summed E-state index contributed by atoms with van der Waals surface area (Å²) in [4.78, 5) is 0. The summed E-state index contributed by atoms with van der Waals surface area (Å²) in [6.07, 6.45) is 0. The molecule has 51 heavy (non-hydrogen) atoms. The van der Waals surface area contributed by atoms with Gasteiger partial charge in [0, 0.05) is 14.1 Å². The van der Waals surface area contributed by atoms with Crippen LogP contribution >= 0.6 is 34.0 Å². The van der Waals surface area contributed by atoms with E-state index >= 15 is 0 Å². The van der Waals surface area contributed by atoms with E-state index in [1.807, 2.05) is 34.0 Å². The molecule has 3 aromatic heterocycles. The first-order valence-electron chi connectivity index (χ1n) is 17.1. The zero-order valence-corrected chi connectivity index (χ0v) is 30.0. The Kier molecular flexibility index (Phi) is 7.50. The molecule has 0 atom stereocenters. The minimum absolute atomic E-state index is 1.21. The highest BCUT2D eigenvalue weighted by atomic mass is 32.1. The molecule has 10 aromatic rings. The summed E-state index contributed by atoms with van der Waals surface area (Å²) in [6, 6.07) is 60.7. The van der Waals surface area contributed by atoms with Crippen molar-refractivity contribution in [2.75, 3.05) is 0 Å². The molecule has 7 aromatic carbocycles. The Morgan fingerprint density at radius 1 is 0.235 bits per heavy atom. The van der Waals surface area contributed by atoms with Gasteiger partial charge < -0.3 is 0 Å². The maximum absolute atomic E-state index is 2.35. The first kappa shape index (κ1) is 30.3. The largest absolute Gasteiger partial charge is 0.143 e. The Morgan fingerprint density at radius 3 is 0.804 bits per heavy atom. The maximum atomic E-state index is 2.35. The predicted octanol–water partition coefficient (Wildman–Crippen LogP) is 15.3. The number of benzene rings is 7. The lowest BCUT2D eigenvalue weighted by Crippen LogP contribution is -1.88. The highest BCUT2D eigenvalue weighted by Gasteiger charge is 2.12. The highest BCUT2D eigenvalue weighted by molar-refractivity contribution is 7.18. The average molecular weight is 703 g/mol. The SMILES string of the molecule is c1cc(-c2ccc(-c3cc(-c4ccc(-c5cccc6ccsc56)cc4)cc(-c4ccc(-c5cccc6ccsc56)cc4)c3)cc2)c2sccc2c1. The lowest BCUT2D eigenvalue weighted by atomic mass is 9.91. The van der Waals surface area contributed by atoms with Crippen molar-refractivity contribution >= 4 is 64.3 Å². The van der Waals surface area contributed by atoms with Gasteiger partial charge in [-0.05, 0) is 135 Å². The van der Waals surface area contributed by atoms with Crippen molar-refractivity contribution in [3.63, 3.8) is 0 Å². The van der Waals surface area contributed by atoms with Crippen LogP contribution in [0.15, 0.2) is 180 Å². The Morgan fingerprint density at radius 2 is 0.510 bits per heavy atom. The smallest absolute Gasteiger partial charge is 0.0421 e. The molecular weight excluding hydrogens is 673 g/mol. The molecule has 0 nitrogen and oxygen atoms in total. The molecule has 0 saturated carbocycles. The van der Waals surface area contributed by atoms with Gasteiger partial charge in [0.1, 0.15) is 0 Å². The molecule has 240 valence electrons. The van der Waals surface area contributed by atoms with Gasteiger partial charge in [-0.15, -0.1) is 34.0 Å². The molecule has 0 aliphatic heterocycles. The Hall–Kier alpha value is -5.58. The number of hydrogen-bond donors (Lipinski definition) is 0. The van der Waals surface area contributed by atoms with Crippen LogP contribution in [0.5, 0.6) is 0 Å². The summed E-state index contributed by atoms with van der Waals surface area (Å²) in [5.41, 5.74) is 14.9. The van der Waals surface area contributed by atoms with Crippen LogP contribution in [0.25, 0.3) is 97.0 Å². The lowest BCUT2D eigenvalue weighted by molar-refractivity contribution is 1.56. The Labute approximate surface area is 309 Å². The van der Waals surface area contributed by atoms with Crippen molar-refractivity contribution in [3.05, 3.63) is 180 Å². The molecule has 0 bridgehead atoms. The second kappa shape index (κ2) is 12.6. The summed E-state index contributed by atoms with van der Waals surface area (Å²) < 4.78 is 4.02. The van der Waals surface area contributed by atoms with Crippen molar-refractivity contribution in [3.8, 4) is 66.8 Å². The molecule has 0 spiro atoms. The fraction of sp³-hybridized carbons (Fsp3) is 0. The maximum Gasteiger partial charge on any atom is 0.0421 e. The normalized spacial score (nSPS) is 11.5. The number of thiophene rings is 3. The van der Waals surface area contributed by atoms with Crippen molar-refractivity contribution in [1.82, 2.24) is 0 Å². The van der Waals surface area contributed by atoms with Gasteiger partial charge in [0.05, 0.1) is 0 Å². The van der Waals surface area contributed by atoms with Gasteiger partial charge in [-0.25, -0.2) is 0 Å². The first-order chi connectivity index (χ1) is 25.2. The number of fused-ring (bicyclic) bond motifs is 3. The Balaban J connectivity index is 1.06. The summed E-state index contributed by atoms with van der Waals surface area (Å²) in [5, 5.41) is 10.4. The fourth-order valence-corrected chi connectivity index (χ4v) is 10.1. The van der Waals surface area contributed by atoms with Crippen LogP contribution < -0.4 is 0 Å². The van der Waals surface area contributed by atoms with Gasteiger partial charge in [0.25, 0.3) is 0 Å². The van der Waals surface area contributed by atoms with Gasteiger partial charge >= 0.3 is 0 Å². The van der Waals surface area contributed by atoms with E-state index in [4.69, 9.17) is 0 Å². The van der Waals surface area contributed by atoms with Crippen LogP contribution in [0.3, 0.4) is 0 Å². The minimum atomic E-state index is 1.21. The van der Waals surface area contributed by atoms with E-state index in [9.17, 15) is 0 Å². The van der Waals surface area contributed by atoms with Crippen molar-refractivity contribution < 1.29 is 0 Å².